The summed E-state index contributed by atoms with van der Waals surface area (Å²) in [7, 11) is 0. The maximum atomic E-state index is 13.7. The lowest BCUT2D eigenvalue weighted by Gasteiger charge is -2.35. The van der Waals surface area contributed by atoms with Crippen LogP contribution in [0, 0.1) is 5.82 Å². The number of likely N-dealkylation sites (tertiary alicyclic amines) is 1. The van der Waals surface area contributed by atoms with Gasteiger partial charge in [0.05, 0.1) is 6.54 Å². The van der Waals surface area contributed by atoms with Crippen molar-refractivity contribution in [2.45, 2.75) is 31.8 Å². The smallest absolute Gasteiger partial charge is 0.241 e. The van der Waals surface area contributed by atoms with E-state index >= 15 is 0 Å². The molecule has 0 N–H and O–H groups in total. The number of benzene rings is 2. The molecule has 0 bridgehead atoms. The molecule has 2 aliphatic heterocycles. The zero-order valence-corrected chi connectivity index (χ0v) is 15.3. The lowest BCUT2D eigenvalue weighted by molar-refractivity contribution is 0.123. The second-order valence-corrected chi connectivity index (χ2v) is 7.12. The van der Waals surface area contributed by atoms with Crippen LogP contribution in [0.2, 0.25) is 0 Å². The van der Waals surface area contributed by atoms with Gasteiger partial charge in [0.1, 0.15) is 5.82 Å². The summed E-state index contributed by atoms with van der Waals surface area (Å²) in [6.45, 7) is 1.69. The van der Waals surface area contributed by atoms with Crippen molar-refractivity contribution in [3.05, 3.63) is 59.7 Å². The van der Waals surface area contributed by atoms with Crippen LogP contribution in [-0.2, 0) is 6.54 Å². The average molecular weight is 381 g/mol. The molecule has 5 rings (SSSR count). The van der Waals surface area contributed by atoms with Gasteiger partial charge in [0.25, 0.3) is 0 Å². The van der Waals surface area contributed by atoms with Gasteiger partial charge in [0.15, 0.2) is 11.5 Å². The number of fused-ring (bicyclic) bond motifs is 1. The number of nitrogens with zero attached hydrogens (tertiary/aromatic N) is 3. The highest BCUT2D eigenvalue weighted by Crippen LogP contribution is 2.36. The van der Waals surface area contributed by atoms with E-state index in [2.05, 4.69) is 15.0 Å². The van der Waals surface area contributed by atoms with Crippen LogP contribution in [0.1, 0.15) is 36.8 Å². The third-order valence-corrected chi connectivity index (χ3v) is 5.28. The van der Waals surface area contributed by atoms with Crippen LogP contribution in [0.3, 0.4) is 0 Å². The molecular weight excluding hydrogens is 361 g/mol. The largest absolute Gasteiger partial charge is 0.454 e. The van der Waals surface area contributed by atoms with Crippen molar-refractivity contribution >= 4 is 0 Å². The minimum Gasteiger partial charge on any atom is -0.454 e. The number of halogens is 1. The molecule has 1 saturated heterocycles. The maximum Gasteiger partial charge on any atom is 0.241 e. The molecule has 1 atom stereocenters. The highest BCUT2D eigenvalue weighted by atomic mass is 19.1. The Kier molecular flexibility index (Phi) is 4.44. The predicted molar refractivity (Wildman–Crippen MR) is 99.3 cm³/mol. The number of rotatable bonds is 4. The van der Waals surface area contributed by atoms with Gasteiger partial charge >= 0.3 is 0 Å². The summed E-state index contributed by atoms with van der Waals surface area (Å²) in [6.07, 6.45) is 3.23. The highest BCUT2D eigenvalue weighted by molar-refractivity contribution is 5.61. The van der Waals surface area contributed by atoms with E-state index in [0.717, 1.165) is 42.7 Å². The number of ether oxygens (including phenoxy) is 2. The molecule has 3 aromatic rings. The van der Waals surface area contributed by atoms with Crippen molar-refractivity contribution in [3.63, 3.8) is 0 Å². The van der Waals surface area contributed by atoms with Gasteiger partial charge in [0.2, 0.25) is 18.5 Å². The Bertz CT molecular complexity index is 991. The SMILES string of the molecule is Fc1cccc([C@@H]2CCCCN2Cc2nc(-c3ccc4c(c3)OCO4)no2)c1. The highest BCUT2D eigenvalue weighted by Gasteiger charge is 2.26. The molecule has 3 heterocycles. The molecule has 0 amide bonds. The lowest BCUT2D eigenvalue weighted by atomic mass is 9.95. The van der Waals surface area contributed by atoms with Gasteiger partial charge in [-0.3, -0.25) is 4.90 Å². The second kappa shape index (κ2) is 7.24. The van der Waals surface area contributed by atoms with Gasteiger partial charge in [-0.1, -0.05) is 23.7 Å². The molecule has 1 aromatic heterocycles. The molecule has 0 saturated carbocycles. The Labute approximate surface area is 161 Å². The Morgan fingerprint density at radius 2 is 2.00 bits per heavy atom. The van der Waals surface area contributed by atoms with E-state index < -0.39 is 0 Å². The van der Waals surface area contributed by atoms with E-state index in [-0.39, 0.29) is 18.7 Å². The zero-order chi connectivity index (χ0) is 18.9. The summed E-state index contributed by atoms with van der Waals surface area (Å²) in [5, 5.41) is 4.12. The van der Waals surface area contributed by atoms with Crippen molar-refractivity contribution in [2.24, 2.45) is 0 Å². The van der Waals surface area contributed by atoms with Crippen molar-refractivity contribution < 1.29 is 18.4 Å². The first-order valence-corrected chi connectivity index (χ1v) is 9.48. The first kappa shape index (κ1) is 17.2. The van der Waals surface area contributed by atoms with Crippen LogP contribution in [0.15, 0.2) is 47.0 Å². The quantitative estimate of drug-likeness (QED) is 0.670. The van der Waals surface area contributed by atoms with E-state index in [4.69, 9.17) is 14.0 Å². The molecule has 7 heteroatoms. The van der Waals surface area contributed by atoms with E-state index in [0.29, 0.717) is 24.0 Å². The molecule has 2 aromatic carbocycles. The fourth-order valence-corrected chi connectivity index (χ4v) is 3.92. The molecule has 1 fully saturated rings. The van der Waals surface area contributed by atoms with Crippen LogP contribution in [0.4, 0.5) is 4.39 Å². The number of aromatic nitrogens is 2. The fourth-order valence-electron chi connectivity index (χ4n) is 3.92. The van der Waals surface area contributed by atoms with Crippen molar-refractivity contribution in [1.82, 2.24) is 15.0 Å². The van der Waals surface area contributed by atoms with Crippen molar-refractivity contribution in [2.75, 3.05) is 13.3 Å². The Morgan fingerprint density at radius 1 is 1.07 bits per heavy atom. The molecule has 28 heavy (non-hydrogen) atoms. The van der Waals surface area contributed by atoms with E-state index in [9.17, 15) is 4.39 Å². The molecule has 0 radical (unpaired) electrons. The maximum absolute atomic E-state index is 13.7. The summed E-state index contributed by atoms with van der Waals surface area (Å²) >= 11 is 0. The number of hydrogen-bond acceptors (Lipinski definition) is 6. The lowest BCUT2D eigenvalue weighted by Crippen LogP contribution is -2.33. The first-order valence-electron chi connectivity index (χ1n) is 9.48. The van der Waals surface area contributed by atoms with Gasteiger partial charge in [-0.05, 0) is 55.3 Å². The minimum atomic E-state index is -0.203. The molecule has 0 spiro atoms. The summed E-state index contributed by atoms with van der Waals surface area (Å²) in [5.41, 5.74) is 1.81. The predicted octanol–water partition coefficient (Wildman–Crippen LogP) is 4.33. The molecule has 0 unspecified atom stereocenters. The third kappa shape index (κ3) is 3.33. The molecule has 144 valence electrons. The van der Waals surface area contributed by atoms with Gasteiger partial charge in [-0.15, -0.1) is 0 Å². The number of piperidine rings is 1. The topological polar surface area (TPSA) is 60.6 Å². The third-order valence-electron chi connectivity index (χ3n) is 5.28. The standard InChI is InChI=1S/C21H20FN3O3/c22-16-5-3-4-14(10-16)17-6-1-2-9-25(17)12-20-23-21(24-28-20)15-7-8-18-19(11-15)27-13-26-18/h3-5,7-8,10-11,17H,1-2,6,9,12-13H2/t17-/m0/s1. The van der Waals surface area contributed by atoms with Gasteiger partial charge in [0, 0.05) is 11.6 Å². The summed E-state index contributed by atoms with van der Waals surface area (Å²) in [6, 6.07) is 12.6. The minimum absolute atomic E-state index is 0.158. The van der Waals surface area contributed by atoms with Gasteiger partial charge < -0.3 is 14.0 Å². The second-order valence-electron chi connectivity index (χ2n) is 7.12. The molecule has 6 nitrogen and oxygen atoms in total. The average Bonchev–Trinajstić information content (AvgIpc) is 3.37. The van der Waals surface area contributed by atoms with E-state index in [1.165, 1.54) is 6.07 Å². The van der Waals surface area contributed by atoms with Gasteiger partial charge in [-0.2, -0.15) is 4.98 Å². The van der Waals surface area contributed by atoms with Gasteiger partial charge in [-0.25, -0.2) is 4.39 Å². The van der Waals surface area contributed by atoms with E-state index in [1.807, 2.05) is 24.3 Å². The zero-order valence-electron chi connectivity index (χ0n) is 15.3. The number of hydrogen-bond donors (Lipinski definition) is 0. The molecular formula is C21H20FN3O3. The van der Waals surface area contributed by atoms with Crippen molar-refractivity contribution in [3.8, 4) is 22.9 Å². The Balaban J connectivity index is 1.35. The normalized spacial score (nSPS) is 19.1. The van der Waals surface area contributed by atoms with Crippen LogP contribution >= 0.6 is 0 Å². The van der Waals surface area contributed by atoms with Crippen LogP contribution in [-0.4, -0.2) is 28.4 Å². The van der Waals surface area contributed by atoms with Crippen LogP contribution < -0.4 is 9.47 Å². The Morgan fingerprint density at radius 3 is 2.93 bits per heavy atom. The van der Waals surface area contributed by atoms with Crippen LogP contribution in [0.25, 0.3) is 11.4 Å². The van der Waals surface area contributed by atoms with Crippen molar-refractivity contribution in [1.29, 1.82) is 0 Å². The Hall–Kier alpha value is -2.93. The molecule has 2 aliphatic rings. The fraction of sp³-hybridized carbons (Fsp3) is 0.333. The van der Waals surface area contributed by atoms with E-state index in [1.54, 1.807) is 12.1 Å². The summed E-state index contributed by atoms with van der Waals surface area (Å²) < 4.78 is 29.9. The summed E-state index contributed by atoms with van der Waals surface area (Å²) in [5.74, 6) is 2.28. The monoisotopic (exact) mass is 381 g/mol. The van der Waals surface area contributed by atoms with Crippen LogP contribution in [0.5, 0.6) is 11.5 Å². The molecule has 0 aliphatic carbocycles. The first-order chi connectivity index (χ1) is 13.8. The summed E-state index contributed by atoms with van der Waals surface area (Å²) in [4.78, 5) is 6.84.